The van der Waals surface area contributed by atoms with E-state index >= 15 is 0 Å². The summed E-state index contributed by atoms with van der Waals surface area (Å²) in [5.41, 5.74) is 5.96. The van der Waals surface area contributed by atoms with Gasteiger partial charge in [-0.25, -0.2) is 0 Å². The zero-order valence-corrected chi connectivity index (χ0v) is 10.2. The molecule has 0 radical (unpaired) electrons. The maximum absolute atomic E-state index is 12.0. The van der Waals surface area contributed by atoms with Crippen LogP contribution in [0.3, 0.4) is 0 Å². The molecular weight excluding hydrogens is 188 g/mol. The highest BCUT2D eigenvalue weighted by atomic mass is 16.2. The van der Waals surface area contributed by atoms with Crippen LogP contribution in [-0.2, 0) is 4.79 Å². The molecule has 0 unspecified atom stereocenters. The normalized spacial score (nSPS) is 26.1. The molecule has 3 atom stereocenters. The molecule has 0 aliphatic carbocycles. The van der Waals surface area contributed by atoms with Gasteiger partial charge in [-0.3, -0.25) is 4.79 Å². The molecule has 3 nitrogen and oxygen atoms in total. The van der Waals surface area contributed by atoms with E-state index in [0.29, 0.717) is 5.92 Å². The van der Waals surface area contributed by atoms with Gasteiger partial charge in [-0.05, 0) is 24.7 Å². The first-order valence-corrected chi connectivity index (χ1v) is 6.10. The second kappa shape index (κ2) is 5.50. The van der Waals surface area contributed by atoms with Gasteiger partial charge >= 0.3 is 0 Å². The van der Waals surface area contributed by atoms with Crippen LogP contribution in [0.2, 0.25) is 0 Å². The summed E-state index contributed by atoms with van der Waals surface area (Å²) >= 11 is 0. The Bertz CT molecular complexity index is 218. The Labute approximate surface area is 93.0 Å². The average molecular weight is 212 g/mol. The molecule has 88 valence electrons. The van der Waals surface area contributed by atoms with Crippen LogP contribution in [-0.4, -0.2) is 29.9 Å². The van der Waals surface area contributed by atoms with Crippen LogP contribution in [0, 0.1) is 11.8 Å². The van der Waals surface area contributed by atoms with E-state index in [-0.39, 0.29) is 17.9 Å². The number of nitrogens with two attached hydrogens (primary N) is 1. The highest BCUT2D eigenvalue weighted by Gasteiger charge is 2.27. The van der Waals surface area contributed by atoms with Crippen LogP contribution in [0.4, 0.5) is 0 Å². The van der Waals surface area contributed by atoms with Crippen molar-refractivity contribution in [2.24, 2.45) is 17.6 Å². The Balaban J connectivity index is 2.51. The fourth-order valence-corrected chi connectivity index (χ4v) is 2.10. The Morgan fingerprint density at radius 3 is 2.80 bits per heavy atom. The van der Waals surface area contributed by atoms with Gasteiger partial charge in [0.05, 0.1) is 6.04 Å². The molecule has 2 N–H and O–H groups in total. The molecular formula is C12H24N2O. The second-order valence-corrected chi connectivity index (χ2v) is 4.94. The van der Waals surface area contributed by atoms with Gasteiger partial charge in [0.15, 0.2) is 0 Å². The van der Waals surface area contributed by atoms with E-state index in [4.69, 9.17) is 5.73 Å². The third-order valence-electron chi connectivity index (χ3n) is 3.51. The van der Waals surface area contributed by atoms with Gasteiger partial charge in [0.2, 0.25) is 5.91 Å². The van der Waals surface area contributed by atoms with E-state index in [0.717, 1.165) is 25.9 Å². The van der Waals surface area contributed by atoms with Crippen LogP contribution in [0.1, 0.15) is 40.0 Å². The van der Waals surface area contributed by atoms with Gasteiger partial charge < -0.3 is 10.6 Å². The standard InChI is InChI=1S/C12H24N2O/c1-4-10(3)11(13)12(15)14-7-5-6-9(2)8-14/h9-11H,4-8,13H2,1-3H3/t9-,10+,11+/m0/s1. The summed E-state index contributed by atoms with van der Waals surface area (Å²) in [7, 11) is 0. The number of likely N-dealkylation sites (tertiary alicyclic amines) is 1. The van der Waals surface area contributed by atoms with Crippen molar-refractivity contribution >= 4 is 5.91 Å². The van der Waals surface area contributed by atoms with E-state index in [1.54, 1.807) is 0 Å². The molecule has 0 aromatic rings. The minimum Gasteiger partial charge on any atom is -0.341 e. The van der Waals surface area contributed by atoms with Crippen LogP contribution < -0.4 is 5.73 Å². The SMILES string of the molecule is CC[C@@H](C)[C@@H](N)C(=O)N1CCC[C@H](C)C1. The van der Waals surface area contributed by atoms with Crippen molar-refractivity contribution < 1.29 is 4.79 Å². The Morgan fingerprint density at radius 2 is 2.27 bits per heavy atom. The van der Waals surface area contributed by atoms with Crippen LogP contribution in [0.25, 0.3) is 0 Å². The fraction of sp³-hybridized carbons (Fsp3) is 0.917. The van der Waals surface area contributed by atoms with E-state index < -0.39 is 0 Å². The van der Waals surface area contributed by atoms with Crippen molar-refractivity contribution in [1.29, 1.82) is 0 Å². The first-order valence-electron chi connectivity index (χ1n) is 6.10. The highest BCUT2D eigenvalue weighted by molar-refractivity contribution is 5.82. The lowest BCUT2D eigenvalue weighted by Gasteiger charge is -2.33. The quantitative estimate of drug-likeness (QED) is 0.772. The third kappa shape index (κ3) is 3.20. The first-order chi connectivity index (χ1) is 7.06. The van der Waals surface area contributed by atoms with Crippen molar-refractivity contribution in [2.75, 3.05) is 13.1 Å². The monoisotopic (exact) mass is 212 g/mol. The lowest BCUT2D eigenvalue weighted by atomic mass is 9.95. The zero-order valence-electron chi connectivity index (χ0n) is 10.2. The molecule has 1 heterocycles. The van der Waals surface area contributed by atoms with Crippen LogP contribution >= 0.6 is 0 Å². The molecule has 15 heavy (non-hydrogen) atoms. The van der Waals surface area contributed by atoms with Crippen molar-refractivity contribution in [2.45, 2.75) is 46.1 Å². The Morgan fingerprint density at radius 1 is 1.60 bits per heavy atom. The highest BCUT2D eigenvalue weighted by Crippen LogP contribution is 2.17. The maximum atomic E-state index is 12.0. The predicted octanol–water partition coefficient (Wildman–Crippen LogP) is 1.62. The molecule has 0 saturated carbocycles. The van der Waals surface area contributed by atoms with Crippen molar-refractivity contribution in [3.8, 4) is 0 Å². The Kier molecular flexibility index (Phi) is 4.58. The second-order valence-electron chi connectivity index (χ2n) is 4.94. The van der Waals surface area contributed by atoms with Crippen molar-refractivity contribution in [3.63, 3.8) is 0 Å². The summed E-state index contributed by atoms with van der Waals surface area (Å²) in [5.74, 6) is 1.07. The lowest BCUT2D eigenvalue weighted by Crippen LogP contribution is -2.50. The number of hydrogen-bond acceptors (Lipinski definition) is 2. The minimum absolute atomic E-state index is 0.149. The molecule has 1 saturated heterocycles. The molecule has 1 aliphatic rings. The molecule has 0 aromatic carbocycles. The molecule has 0 spiro atoms. The van der Waals surface area contributed by atoms with Crippen LogP contribution in [0.5, 0.6) is 0 Å². The summed E-state index contributed by atoms with van der Waals surface area (Å²) in [4.78, 5) is 14.0. The largest absolute Gasteiger partial charge is 0.341 e. The number of nitrogens with zero attached hydrogens (tertiary/aromatic N) is 1. The maximum Gasteiger partial charge on any atom is 0.239 e. The summed E-state index contributed by atoms with van der Waals surface area (Å²) < 4.78 is 0. The van der Waals surface area contributed by atoms with E-state index in [2.05, 4.69) is 20.8 Å². The van der Waals surface area contributed by atoms with Gasteiger partial charge in [0.1, 0.15) is 0 Å². The topological polar surface area (TPSA) is 46.3 Å². The first kappa shape index (κ1) is 12.5. The fourth-order valence-electron chi connectivity index (χ4n) is 2.10. The zero-order chi connectivity index (χ0) is 11.4. The number of piperidine rings is 1. The molecule has 1 amide bonds. The number of rotatable bonds is 3. The average Bonchev–Trinajstić information content (AvgIpc) is 2.26. The van der Waals surface area contributed by atoms with E-state index in [1.165, 1.54) is 6.42 Å². The summed E-state index contributed by atoms with van der Waals surface area (Å²) in [6.45, 7) is 8.12. The van der Waals surface area contributed by atoms with Gasteiger partial charge in [-0.2, -0.15) is 0 Å². The molecule has 0 aromatic heterocycles. The number of amides is 1. The van der Waals surface area contributed by atoms with Gasteiger partial charge in [0, 0.05) is 13.1 Å². The summed E-state index contributed by atoms with van der Waals surface area (Å²) in [6, 6.07) is -0.305. The van der Waals surface area contributed by atoms with Crippen molar-refractivity contribution in [1.82, 2.24) is 4.90 Å². The lowest BCUT2D eigenvalue weighted by molar-refractivity contribution is -0.135. The summed E-state index contributed by atoms with van der Waals surface area (Å²) in [6.07, 6.45) is 3.33. The van der Waals surface area contributed by atoms with Gasteiger partial charge in [-0.15, -0.1) is 0 Å². The van der Waals surface area contributed by atoms with Gasteiger partial charge in [-0.1, -0.05) is 27.2 Å². The smallest absolute Gasteiger partial charge is 0.239 e. The minimum atomic E-state index is -0.305. The van der Waals surface area contributed by atoms with E-state index in [1.807, 2.05) is 4.90 Å². The number of hydrogen-bond donors (Lipinski definition) is 1. The van der Waals surface area contributed by atoms with Crippen LogP contribution in [0.15, 0.2) is 0 Å². The molecule has 3 heteroatoms. The molecule has 1 fully saturated rings. The number of carbonyl (C=O) groups is 1. The van der Waals surface area contributed by atoms with E-state index in [9.17, 15) is 4.79 Å². The van der Waals surface area contributed by atoms with Crippen molar-refractivity contribution in [3.05, 3.63) is 0 Å². The third-order valence-corrected chi connectivity index (χ3v) is 3.51. The molecule has 1 rings (SSSR count). The molecule has 1 aliphatic heterocycles. The Hall–Kier alpha value is -0.570. The predicted molar refractivity (Wildman–Crippen MR) is 62.4 cm³/mol. The molecule has 0 bridgehead atoms. The number of carbonyl (C=O) groups excluding carboxylic acids is 1. The summed E-state index contributed by atoms with van der Waals surface area (Å²) in [5, 5.41) is 0. The van der Waals surface area contributed by atoms with Gasteiger partial charge in [0.25, 0.3) is 0 Å².